The van der Waals surface area contributed by atoms with Crippen LogP contribution in [0.15, 0.2) is 24.3 Å². The molecule has 108 valence electrons. The lowest BCUT2D eigenvalue weighted by Gasteiger charge is -2.13. The highest BCUT2D eigenvalue weighted by Crippen LogP contribution is 2.11. The van der Waals surface area contributed by atoms with Crippen LogP contribution in [0.5, 0.6) is 5.75 Å². The van der Waals surface area contributed by atoms with Crippen LogP contribution in [0.3, 0.4) is 0 Å². The van der Waals surface area contributed by atoms with Crippen molar-refractivity contribution in [2.45, 2.75) is 39.7 Å². The summed E-state index contributed by atoms with van der Waals surface area (Å²) in [6, 6.07) is 7.87. The number of nitrogens with one attached hydrogen (secondary N) is 1. The van der Waals surface area contributed by atoms with Crippen LogP contribution < -0.4 is 10.1 Å². The first-order chi connectivity index (χ1) is 9.08. The average molecular weight is 265 g/mol. The Morgan fingerprint density at radius 2 is 1.89 bits per heavy atom. The molecular weight excluding hydrogens is 238 g/mol. The fourth-order valence-corrected chi connectivity index (χ4v) is 1.79. The number of ether oxygens (including phenoxy) is 1. The van der Waals surface area contributed by atoms with Crippen LogP contribution in [0.4, 0.5) is 0 Å². The van der Waals surface area contributed by atoms with Crippen molar-refractivity contribution in [2.75, 3.05) is 19.7 Å². The van der Waals surface area contributed by atoms with Gasteiger partial charge in [-0.1, -0.05) is 31.5 Å². The summed E-state index contributed by atoms with van der Waals surface area (Å²) in [5.41, 5.74) is 1.21. The lowest BCUT2D eigenvalue weighted by molar-refractivity contribution is 0.106. The van der Waals surface area contributed by atoms with E-state index in [1.165, 1.54) is 12.0 Å². The fraction of sp³-hybridized carbons (Fsp3) is 0.625. The Labute approximate surface area is 117 Å². The van der Waals surface area contributed by atoms with Gasteiger partial charge in [-0.3, -0.25) is 0 Å². The molecule has 1 aromatic rings. The van der Waals surface area contributed by atoms with E-state index in [4.69, 9.17) is 4.74 Å². The van der Waals surface area contributed by atoms with E-state index in [1.807, 2.05) is 31.2 Å². The molecule has 0 aromatic heterocycles. The first-order valence-corrected chi connectivity index (χ1v) is 7.16. The number of hydrogen-bond donors (Lipinski definition) is 2. The molecule has 0 fully saturated rings. The maximum Gasteiger partial charge on any atom is 0.119 e. The molecule has 1 rings (SSSR count). The third kappa shape index (κ3) is 7.85. The van der Waals surface area contributed by atoms with Crippen LogP contribution in [0.25, 0.3) is 0 Å². The van der Waals surface area contributed by atoms with E-state index in [9.17, 15) is 5.11 Å². The molecule has 0 radical (unpaired) electrons. The van der Waals surface area contributed by atoms with Gasteiger partial charge in [0, 0.05) is 6.54 Å². The standard InChI is InChI=1S/C16H27NO2/c1-13(2)5-4-10-17-11-15(18)12-19-16-8-6-14(3)7-9-16/h6-9,13,15,17-18H,4-5,10-12H2,1-3H3. The number of benzene rings is 1. The molecule has 1 aromatic carbocycles. The lowest BCUT2D eigenvalue weighted by Crippen LogP contribution is -2.32. The van der Waals surface area contributed by atoms with Gasteiger partial charge >= 0.3 is 0 Å². The molecule has 0 aliphatic heterocycles. The van der Waals surface area contributed by atoms with Gasteiger partial charge in [-0.25, -0.2) is 0 Å². The van der Waals surface area contributed by atoms with E-state index in [0.717, 1.165) is 24.6 Å². The van der Waals surface area contributed by atoms with Gasteiger partial charge in [-0.2, -0.15) is 0 Å². The second-order valence-electron chi connectivity index (χ2n) is 5.52. The van der Waals surface area contributed by atoms with Gasteiger partial charge in [-0.05, 0) is 44.4 Å². The normalized spacial score (nSPS) is 12.7. The van der Waals surface area contributed by atoms with Crippen molar-refractivity contribution in [3.8, 4) is 5.75 Å². The summed E-state index contributed by atoms with van der Waals surface area (Å²) in [7, 11) is 0. The lowest BCUT2D eigenvalue weighted by atomic mass is 10.1. The molecule has 0 amide bonds. The van der Waals surface area contributed by atoms with E-state index in [0.29, 0.717) is 13.2 Å². The Balaban J connectivity index is 2.07. The average Bonchev–Trinajstić information content (AvgIpc) is 2.37. The largest absolute Gasteiger partial charge is 0.491 e. The summed E-state index contributed by atoms with van der Waals surface area (Å²) in [6.07, 6.45) is 1.92. The highest BCUT2D eigenvalue weighted by molar-refractivity contribution is 5.26. The minimum Gasteiger partial charge on any atom is -0.491 e. The van der Waals surface area contributed by atoms with Crippen molar-refractivity contribution in [3.63, 3.8) is 0 Å². The second kappa shape index (κ2) is 8.94. The van der Waals surface area contributed by atoms with Crippen LogP contribution >= 0.6 is 0 Å². The summed E-state index contributed by atoms with van der Waals surface area (Å²) in [5.74, 6) is 1.56. The zero-order valence-corrected chi connectivity index (χ0v) is 12.4. The third-order valence-corrected chi connectivity index (χ3v) is 2.98. The van der Waals surface area contributed by atoms with Crippen LogP contribution in [-0.2, 0) is 0 Å². The number of hydrogen-bond acceptors (Lipinski definition) is 3. The van der Waals surface area contributed by atoms with Gasteiger partial charge in [0.15, 0.2) is 0 Å². The van der Waals surface area contributed by atoms with Crippen molar-refractivity contribution in [1.29, 1.82) is 0 Å². The monoisotopic (exact) mass is 265 g/mol. The molecule has 3 heteroatoms. The van der Waals surface area contributed by atoms with Gasteiger partial charge in [0.2, 0.25) is 0 Å². The van der Waals surface area contributed by atoms with Gasteiger partial charge in [0.05, 0.1) is 0 Å². The highest BCUT2D eigenvalue weighted by atomic mass is 16.5. The van der Waals surface area contributed by atoms with E-state index in [1.54, 1.807) is 0 Å². The maximum atomic E-state index is 9.79. The maximum absolute atomic E-state index is 9.79. The Morgan fingerprint density at radius 1 is 1.21 bits per heavy atom. The molecule has 0 aliphatic carbocycles. The molecule has 0 spiro atoms. The molecule has 19 heavy (non-hydrogen) atoms. The molecule has 0 aliphatic rings. The van der Waals surface area contributed by atoms with Crippen LogP contribution in [0, 0.1) is 12.8 Å². The minimum atomic E-state index is -0.458. The number of rotatable bonds is 9. The van der Waals surface area contributed by atoms with Gasteiger partial charge in [0.1, 0.15) is 18.5 Å². The SMILES string of the molecule is Cc1ccc(OCC(O)CNCCCC(C)C)cc1. The summed E-state index contributed by atoms with van der Waals surface area (Å²) in [4.78, 5) is 0. The Bertz CT molecular complexity index is 335. The van der Waals surface area contributed by atoms with E-state index >= 15 is 0 Å². The van der Waals surface area contributed by atoms with E-state index in [2.05, 4.69) is 19.2 Å². The molecular formula is C16H27NO2. The first kappa shape index (κ1) is 16.0. The first-order valence-electron chi connectivity index (χ1n) is 7.16. The molecule has 0 saturated carbocycles. The zero-order chi connectivity index (χ0) is 14.1. The van der Waals surface area contributed by atoms with Crippen LogP contribution in [-0.4, -0.2) is 30.9 Å². The quantitative estimate of drug-likeness (QED) is 0.675. The van der Waals surface area contributed by atoms with Crippen molar-refractivity contribution in [2.24, 2.45) is 5.92 Å². The molecule has 3 nitrogen and oxygen atoms in total. The fourth-order valence-electron chi connectivity index (χ4n) is 1.79. The summed E-state index contributed by atoms with van der Waals surface area (Å²) in [6.45, 7) is 8.37. The number of aliphatic hydroxyl groups excluding tert-OH is 1. The Kier molecular flexibility index (Phi) is 7.53. The Morgan fingerprint density at radius 3 is 2.53 bits per heavy atom. The van der Waals surface area contributed by atoms with Crippen molar-refractivity contribution in [1.82, 2.24) is 5.32 Å². The molecule has 0 saturated heterocycles. The predicted octanol–water partition coefficient (Wildman–Crippen LogP) is 2.76. The zero-order valence-electron chi connectivity index (χ0n) is 12.4. The molecule has 2 N–H and O–H groups in total. The third-order valence-electron chi connectivity index (χ3n) is 2.98. The minimum absolute atomic E-state index is 0.334. The van der Waals surface area contributed by atoms with Crippen molar-refractivity contribution in [3.05, 3.63) is 29.8 Å². The van der Waals surface area contributed by atoms with Gasteiger partial charge < -0.3 is 15.2 Å². The summed E-state index contributed by atoms with van der Waals surface area (Å²) >= 11 is 0. The molecule has 1 atom stereocenters. The second-order valence-corrected chi connectivity index (χ2v) is 5.52. The number of aliphatic hydroxyl groups is 1. The van der Waals surface area contributed by atoms with Crippen LogP contribution in [0.1, 0.15) is 32.3 Å². The molecule has 0 bridgehead atoms. The smallest absolute Gasteiger partial charge is 0.119 e. The molecule has 1 unspecified atom stereocenters. The topological polar surface area (TPSA) is 41.5 Å². The van der Waals surface area contributed by atoms with E-state index < -0.39 is 6.10 Å². The number of aryl methyl sites for hydroxylation is 1. The van der Waals surface area contributed by atoms with E-state index in [-0.39, 0.29) is 0 Å². The predicted molar refractivity (Wildman–Crippen MR) is 79.6 cm³/mol. The summed E-state index contributed by atoms with van der Waals surface area (Å²) < 4.78 is 5.53. The van der Waals surface area contributed by atoms with Crippen LogP contribution in [0.2, 0.25) is 0 Å². The van der Waals surface area contributed by atoms with Crippen molar-refractivity contribution >= 4 is 0 Å². The van der Waals surface area contributed by atoms with Crippen molar-refractivity contribution < 1.29 is 9.84 Å². The highest BCUT2D eigenvalue weighted by Gasteiger charge is 2.04. The summed E-state index contributed by atoms with van der Waals surface area (Å²) in [5, 5.41) is 13.0. The Hall–Kier alpha value is -1.06. The molecule has 0 heterocycles. The van der Waals surface area contributed by atoms with Gasteiger partial charge in [-0.15, -0.1) is 0 Å². The van der Waals surface area contributed by atoms with Gasteiger partial charge in [0.25, 0.3) is 0 Å².